The molecule has 18 heavy (non-hydrogen) atoms. The van der Waals surface area contributed by atoms with E-state index < -0.39 is 0 Å². The summed E-state index contributed by atoms with van der Waals surface area (Å²) in [6, 6.07) is 12.2. The van der Waals surface area contributed by atoms with Gasteiger partial charge in [-0.3, -0.25) is 9.78 Å². The largest absolute Gasteiger partial charge is 0.508 e. The molecule has 1 aromatic heterocycles. The Morgan fingerprint density at radius 2 is 2.06 bits per heavy atom. The summed E-state index contributed by atoms with van der Waals surface area (Å²) in [4.78, 5) is 15.8. The molecule has 0 unspecified atom stereocenters. The number of pyridine rings is 1. The summed E-state index contributed by atoms with van der Waals surface area (Å²) < 4.78 is 0. The molecule has 1 heterocycles. The minimum Gasteiger partial charge on any atom is -0.508 e. The van der Waals surface area contributed by atoms with Crippen LogP contribution in [0.15, 0.2) is 48.7 Å². The lowest BCUT2D eigenvalue weighted by molar-refractivity contribution is -0.111. The number of aromatic hydroxyl groups is 1. The second-order valence-corrected chi connectivity index (χ2v) is 3.92. The molecular weight excluding hydrogens is 226 g/mol. The number of phenolic OH excluding ortho intramolecular Hbond substituents is 1. The normalized spacial score (nSPS) is 11.3. The van der Waals surface area contributed by atoms with Crippen LogP contribution in [-0.4, -0.2) is 15.9 Å². The highest BCUT2D eigenvalue weighted by atomic mass is 16.3. The maximum Gasteiger partial charge on any atom is 0.161 e. The SMILES string of the molecule is CC(=O)/C(=C/c1cccc(O)c1)c1ccccn1. The molecule has 0 spiro atoms. The number of phenols is 1. The Morgan fingerprint density at radius 3 is 2.67 bits per heavy atom. The van der Waals surface area contributed by atoms with Crippen LogP contribution in [-0.2, 0) is 4.79 Å². The first kappa shape index (κ1) is 12.0. The average molecular weight is 239 g/mol. The van der Waals surface area contributed by atoms with Crippen LogP contribution in [0.4, 0.5) is 0 Å². The fourth-order valence-electron chi connectivity index (χ4n) is 1.66. The summed E-state index contributed by atoms with van der Waals surface area (Å²) in [7, 11) is 0. The zero-order valence-corrected chi connectivity index (χ0v) is 10.00. The molecule has 0 atom stereocenters. The molecule has 1 N–H and O–H groups in total. The molecule has 3 heteroatoms. The van der Waals surface area contributed by atoms with Crippen molar-refractivity contribution >= 4 is 17.4 Å². The maximum atomic E-state index is 11.7. The van der Waals surface area contributed by atoms with E-state index in [0.29, 0.717) is 11.3 Å². The van der Waals surface area contributed by atoms with E-state index in [2.05, 4.69) is 4.98 Å². The van der Waals surface area contributed by atoms with Gasteiger partial charge in [0.15, 0.2) is 5.78 Å². The first-order chi connectivity index (χ1) is 8.66. The van der Waals surface area contributed by atoms with Crippen molar-refractivity contribution in [3.8, 4) is 5.75 Å². The standard InChI is InChI=1S/C15H13NO2/c1-11(17)14(15-7-2-3-8-16-15)10-12-5-4-6-13(18)9-12/h2-10,18H,1H3/b14-10-. The number of aromatic nitrogens is 1. The number of allylic oxidation sites excluding steroid dienone is 1. The Labute approximate surface area is 105 Å². The first-order valence-electron chi connectivity index (χ1n) is 5.60. The van der Waals surface area contributed by atoms with Crippen molar-refractivity contribution in [2.45, 2.75) is 6.92 Å². The molecule has 0 saturated heterocycles. The molecule has 1 aromatic carbocycles. The first-order valence-corrected chi connectivity index (χ1v) is 5.60. The van der Waals surface area contributed by atoms with Crippen molar-refractivity contribution in [3.05, 3.63) is 59.9 Å². The third kappa shape index (κ3) is 2.83. The Bertz CT molecular complexity index is 588. The van der Waals surface area contributed by atoms with E-state index in [9.17, 15) is 9.90 Å². The molecule has 90 valence electrons. The number of Topliss-reactive ketones (excluding diaryl/α,β-unsaturated/α-hetero) is 1. The molecule has 0 radical (unpaired) electrons. The van der Waals surface area contributed by atoms with Gasteiger partial charge in [0.25, 0.3) is 0 Å². The summed E-state index contributed by atoms with van der Waals surface area (Å²) in [5, 5.41) is 9.41. The number of nitrogens with zero attached hydrogens (tertiary/aromatic N) is 1. The highest BCUT2D eigenvalue weighted by Gasteiger charge is 2.08. The van der Waals surface area contributed by atoms with Gasteiger partial charge in [-0.2, -0.15) is 0 Å². The smallest absolute Gasteiger partial charge is 0.161 e. The van der Waals surface area contributed by atoms with E-state index >= 15 is 0 Å². The van der Waals surface area contributed by atoms with Crippen LogP contribution in [0.1, 0.15) is 18.2 Å². The van der Waals surface area contributed by atoms with Gasteiger partial charge in [-0.05, 0) is 42.8 Å². The Kier molecular flexibility index (Phi) is 3.53. The Morgan fingerprint density at radius 1 is 1.22 bits per heavy atom. The van der Waals surface area contributed by atoms with Crippen LogP contribution >= 0.6 is 0 Å². The lowest BCUT2D eigenvalue weighted by atomic mass is 10.0. The van der Waals surface area contributed by atoms with Gasteiger partial charge in [0.05, 0.1) is 5.69 Å². The molecule has 0 aliphatic rings. The molecular formula is C15H13NO2. The number of benzene rings is 1. The van der Waals surface area contributed by atoms with E-state index in [0.717, 1.165) is 5.56 Å². The van der Waals surface area contributed by atoms with Crippen molar-refractivity contribution in [1.82, 2.24) is 4.98 Å². The highest BCUT2D eigenvalue weighted by Crippen LogP contribution is 2.19. The van der Waals surface area contributed by atoms with Crippen LogP contribution < -0.4 is 0 Å². The second-order valence-electron chi connectivity index (χ2n) is 3.92. The zero-order chi connectivity index (χ0) is 13.0. The molecule has 0 aliphatic carbocycles. The molecule has 2 aromatic rings. The van der Waals surface area contributed by atoms with Crippen molar-refractivity contribution in [2.75, 3.05) is 0 Å². The third-order valence-electron chi connectivity index (χ3n) is 2.50. The van der Waals surface area contributed by atoms with Crippen LogP contribution in [0, 0.1) is 0 Å². The quantitative estimate of drug-likeness (QED) is 0.838. The highest BCUT2D eigenvalue weighted by molar-refractivity contribution is 6.23. The number of hydrogen-bond donors (Lipinski definition) is 1. The molecule has 0 aliphatic heterocycles. The van der Waals surface area contributed by atoms with E-state index in [4.69, 9.17) is 0 Å². The van der Waals surface area contributed by atoms with Gasteiger partial charge in [0, 0.05) is 11.8 Å². The molecule has 3 nitrogen and oxygen atoms in total. The fraction of sp³-hybridized carbons (Fsp3) is 0.0667. The Balaban J connectivity index is 2.46. The number of carbonyl (C=O) groups excluding carboxylic acids is 1. The minimum atomic E-state index is -0.0583. The summed E-state index contributed by atoms with van der Waals surface area (Å²) >= 11 is 0. The minimum absolute atomic E-state index is 0.0583. The van der Waals surface area contributed by atoms with Crippen molar-refractivity contribution in [3.63, 3.8) is 0 Å². The maximum absolute atomic E-state index is 11.7. The molecule has 2 rings (SSSR count). The van der Waals surface area contributed by atoms with Gasteiger partial charge in [0.2, 0.25) is 0 Å². The van der Waals surface area contributed by atoms with E-state index in [-0.39, 0.29) is 11.5 Å². The molecule has 0 bridgehead atoms. The molecule has 0 amide bonds. The summed E-state index contributed by atoms with van der Waals surface area (Å²) in [5.41, 5.74) is 1.93. The molecule has 0 saturated carbocycles. The van der Waals surface area contributed by atoms with E-state index in [1.807, 2.05) is 12.1 Å². The van der Waals surface area contributed by atoms with Crippen molar-refractivity contribution in [2.24, 2.45) is 0 Å². The van der Waals surface area contributed by atoms with Crippen LogP contribution in [0.3, 0.4) is 0 Å². The second kappa shape index (κ2) is 5.27. The number of hydrogen-bond acceptors (Lipinski definition) is 3. The topological polar surface area (TPSA) is 50.2 Å². The van der Waals surface area contributed by atoms with E-state index in [1.165, 1.54) is 6.92 Å². The van der Waals surface area contributed by atoms with Crippen LogP contribution in [0.25, 0.3) is 11.6 Å². The van der Waals surface area contributed by atoms with E-state index in [1.54, 1.807) is 42.6 Å². The van der Waals surface area contributed by atoms with Gasteiger partial charge < -0.3 is 5.11 Å². The van der Waals surface area contributed by atoms with Gasteiger partial charge >= 0.3 is 0 Å². The van der Waals surface area contributed by atoms with Gasteiger partial charge in [-0.25, -0.2) is 0 Å². The zero-order valence-electron chi connectivity index (χ0n) is 10.00. The summed E-state index contributed by atoms with van der Waals surface area (Å²) in [6.45, 7) is 1.50. The van der Waals surface area contributed by atoms with Crippen LogP contribution in [0.5, 0.6) is 5.75 Å². The fourth-order valence-corrected chi connectivity index (χ4v) is 1.66. The average Bonchev–Trinajstić information content (AvgIpc) is 2.37. The van der Waals surface area contributed by atoms with Crippen LogP contribution in [0.2, 0.25) is 0 Å². The lowest BCUT2D eigenvalue weighted by Crippen LogP contribution is -1.98. The molecule has 0 fully saturated rings. The summed E-state index contributed by atoms with van der Waals surface area (Å²) in [6.07, 6.45) is 3.37. The predicted molar refractivity (Wildman–Crippen MR) is 70.9 cm³/mol. The van der Waals surface area contributed by atoms with Gasteiger partial charge in [-0.1, -0.05) is 18.2 Å². The van der Waals surface area contributed by atoms with Gasteiger partial charge in [-0.15, -0.1) is 0 Å². The third-order valence-corrected chi connectivity index (χ3v) is 2.50. The number of ketones is 1. The summed E-state index contributed by atoms with van der Waals surface area (Å²) in [5.74, 6) is 0.115. The number of rotatable bonds is 3. The number of carbonyl (C=O) groups is 1. The van der Waals surface area contributed by atoms with Crippen molar-refractivity contribution in [1.29, 1.82) is 0 Å². The lowest BCUT2D eigenvalue weighted by Gasteiger charge is -2.03. The predicted octanol–water partition coefficient (Wildman–Crippen LogP) is 2.92. The van der Waals surface area contributed by atoms with Crippen molar-refractivity contribution < 1.29 is 9.90 Å². The Hall–Kier alpha value is -2.42. The monoisotopic (exact) mass is 239 g/mol. The van der Waals surface area contributed by atoms with Gasteiger partial charge in [0.1, 0.15) is 5.75 Å².